The van der Waals surface area contributed by atoms with Crippen LogP contribution in [0.3, 0.4) is 0 Å². The van der Waals surface area contributed by atoms with Crippen molar-refractivity contribution in [3.05, 3.63) is 69.3 Å². The molecule has 1 saturated heterocycles. The lowest BCUT2D eigenvalue weighted by Crippen LogP contribution is -2.48. The third-order valence-electron chi connectivity index (χ3n) is 6.94. The van der Waals surface area contributed by atoms with Crippen molar-refractivity contribution in [3.8, 4) is 5.75 Å². The second-order valence-corrected chi connectivity index (χ2v) is 9.35. The van der Waals surface area contributed by atoms with Crippen LogP contribution in [0, 0.1) is 12.7 Å². The maximum Gasteiger partial charge on any atom is 0.341 e. The molecule has 3 heterocycles. The zero-order valence-corrected chi connectivity index (χ0v) is 20.1. The summed E-state index contributed by atoms with van der Waals surface area (Å²) in [4.78, 5) is 28.4. The van der Waals surface area contributed by atoms with Crippen molar-refractivity contribution in [2.75, 3.05) is 44.2 Å². The molecular formula is C26H27FN4O5. The summed E-state index contributed by atoms with van der Waals surface area (Å²) < 4.78 is 23.1. The molecule has 0 spiro atoms. The molecule has 36 heavy (non-hydrogen) atoms. The second kappa shape index (κ2) is 9.27. The molecule has 5 rings (SSSR count). The summed E-state index contributed by atoms with van der Waals surface area (Å²) in [6, 6.07) is 8.68. The summed E-state index contributed by atoms with van der Waals surface area (Å²) in [6.45, 7) is 6.73. The first-order valence-corrected chi connectivity index (χ1v) is 11.8. The van der Waals surface area contributed by atoms with E-state index in [9.17, 15) is 19.9 Å². The van der Waals surface area contributed by atoms with Gasteiger partial charge in [0.2, 0.25) is 5.43 Å². The molecule has 0 radical (unpaired) electrons. The minimum absolute atomic E-state index is 0.00164. The van der Waals surface area contributed by atoms with Gasteiger partial charge >= 0.3 is 5.97 Å². The number of benzene rings is 2. The van der Waals surface area contributed by atoms with E-state index in [1.807, 2.05) is 43.0 Å². The Balaban J connectivity index is 1.43. The van der Waals surface area contributed by atoms with Crippen molar-refractivity contribution in [2.24, 2.45) is 5.16 Å². The number of carboxylic acids is 1. The molecule has 188 valence electrons. The molecule has 1 atom stereocenters. The number of halogens is 1. The average Bonchev–Trinajstić information content (AvgIpc) is 2.86. The van der Waals surface area contributed by atoms with E-state index < -0.39 is 22.8 Å². The Hall–Kier alpha value is -3.92. The molecular weight excluding hydrogens is 467 g/mol. The maximum absolute atomic E-state index is 15.5. The van der Waals surface area contributed by atoms with E-state index in [2.05, 4.69) is 10.1 Å². The third kappa shape index (κ3) is 4.07. The van der Waals surface area contributed by atoms with Crippen molar-refractivity contribution in [2.45, 2.75) is 19.9 Å². The first-order valence-electron chi connectivity index (χ1n) is 11.8. The molecule has 10 heteroatoms. The molecule has 0 aliphatic carbocycles. The molecule has 2 aromatic carbocycles. The summed E-state index contributed by atoms with van der Waals surface area (Å²) in [6.07, 6.45) is 1.32. The number of piperazine rings is 1. The van der Waals surface area contributed by atoms with Gasteiger partial charge in [0.1, 0.15) is 23.6 Å². The topological polar surface area (TPSA) is 108 Å². The van der Waals surface area contributed by atoms with Crippen LogP contribution in [0.5, 0.6) is 5.75 Å². The molecule has 9 nitrogen and oxygen atoms in total. The van der Waals surface area contributed by atoms with Crippen LogP contribution in [0.2, 0.25) is 0 Å². The number of nitrogens with zero attached hydrogens (tertiary/aromatic N) is 4. The van der Waals surface area contributed by atoms with Gasteiger partial charge in [0.05, 0.1) is 16.9 Å². The zero-order valence-electron chi connectivity index (χ0n) is 20.1. The monoisotopic (exact) mass is 494 g/mol. The lowest BCUT2D eigenvalue weighted by Gasteiger charge is -2.38. The summed E-state index contributed by atoms with van der Waals surface area (Å²) in [5.74, 6) is -1.70. The molecule has 1 fully saturated rings. The summed E-state index contributed by atoms with van der Waals surface area (Å²) in [7, 11) is 0. The van der Waals surface area contributed by atoms with Crippen molar-refractivity contribution < 1.29 is 24.2 Å². The number of aromatic carboxylic acids is 1. The Kier molecular flexibility index (Phi) is 6.13. The fourth-order valence-electron chi connectivity index (χ4n) is 4.93. The fraction of sp³-hybridized carbons (Fsp3) is 0.346. The van der Waals surface area contributed by atoms with Gasteiger partial charge < -0.3 is 24.5 Å². The number of oxime groups is 1. The molecule has 2 aliphatic rings. The predicted molar refractivity (Wildman–Crippen MR) is 133 cm³/mol. The number of aromatic nitrogens is 1. The van der Waals surface area contributed by atoms with Crippen LogP contribution < -0.4 is 15.1 Å². The van der Waals surface area contributed by atoms with Crippen LogP contribution in [0.25, 0.3) is 10.9 Å². The first-order chi connectivity index (χ1) is 17.3. The van der Waals surface area contributed by atoms with Gasteiger partial charge in [0.15, 0.2) is 11.6 Å². The Bertz CT molecular complexity index is 1430. The van der Waals surface area contributed by atoms with Crippen molar-refractivity contribution >= 4 is 28.3 Å². The highest BCUT2D eigenvalue weighted by atomic mass is 19.1. The first kappa shape index (κ1) is 23.8. The molecule has 0 unspecified atom stereocenters. The van der Waals surface area contributed by atoms with Gasteiger partial charge in [0, 0.05) is 44.5 Å². The SMILES string of the molecule is Cc1ccc(/C(CN2CCN(c3c(F)cc4c(=O)c(C(=O)O)cn5c4c3OC[C@@H]5C)CC2)=N\O)cc1. The number of rotatable bonds is 5. The summed E-state index contributed by atoms with van der Waals surface area (Å²) in [5, 5.41) is 22.5. The fourth-order valence-corrected chi connectivity index (χ4v) is 4.93. The highest BCUT2D eigenvalue weighted by Gasteiger charge is 2.31. The number of anilines is 1. The van der Waals surface area contributed by atoms with E-state index in [1.165, 1.54) is 6.20 Å². The van der Waals surface area contributed by atoms with Crippen LogP contribution in [0.15, 0.2) is 46.5 Å². The van der Waals surface area contributed by atoms with E-state index in [4.69, 9.17) is 4.74 Å². The largest absolute Gasteiger partial charge is 0.487 e. The number of aryl methyl sites for hydroxylation is 1. The standard InChI is InChI=1S/C26H27FN4O5/c1-15-3-5-17(6-4-15)21(28-35)13-29-7-9-30(10-8-29)23-20(27)11-18-22-25(23)36-14-16(2)31(22)12-19(24(18)32)26(33)34/h3-6,11-12,16,35H,7-10,13-14H2,1-2H3,(H,33,34)/b28-21-/t16-/m0/s1. The van der Waals surface area contributed by atoms with Crippen LogP contribution in [0.4, 0.5) is 10.1 Å². The summed E-state index contributed by atoms with van der Waals surface area (Å²) >= 11 is 0. The van der Waals surface area contributed by atoms with E-state index in [0.29, 0.717) is 44.0 Å². The van der Waals surface area contributed by atoms with Gasteiger partial charge in [-0.15, -0.1) is 0 Å². The van der Waals surface area contributed by atoms with Crippen LogP contribution >= 0.6 is 0 Å². The molecule has 2 aliphatic heterocycles. The van der Waals surface area contributed by atoms with Crippen molar-refractivity contribution in [3.63, 3.8) is 0 Å². The molecule has 1 aromatic heterocycles. The Morgan fingerprint density at radius 3 is 2.53 bits per heavy atom. The van der Waals surface area contributed by atoms with Crippen molar-refractivity contribution in [1.82, 2.24) is 9.47 Å². The van der Waals surface area contributed by atoms with E-state index in [-0.39, 0.29) is 29.5 Å². The number of pyridine rings is 1. The minimum Gasteiger partial charge on any atom is -0.487 e. The van der Waals surface area contributed by atoms with Gasteiger partial charge in [-0.25, -0.2) is 9.18 Å². The van der Waals surface area contributed by atoms with Crippen LogP contribution in [-0.2, 0) is 0 Å². The lowest BCUT2D eigenvalue weighted by atomic mass is 10.0. The molecule has 2 N–H and O–H groups in total. The average molecular weight is 495 g/mol. The number of carboxylic acid groups (broad SMARTS) is 1. The Morgan fingerprint density at radius 2 is 1.89 bits per heavy atom. The minimum atomic E-state index is -1.34. The van der Waals surface area contributed by atoms with Gasteiger partial charge in [-0.3, -0.25) is 9.69 Å². The number of ether oxygens (including phenoxy) is 1. The van der Waals surface area contributed by atoms with Gasteiger partial charge in [-0.2, -0.15) is 0 Å². The second-order valence-electron chi connectivity index (χ2n) is 9.35. The Labute approximate surface area is 206 Å². The van der Waals surface area contributed by atoms with E-state index >= 15 is 4.39 Å². The molecule has 0 amide bonds. The van der Waals surface area contributed by atoms with E-state index in [0.717, 1.165) is 17.2 Å². The van der Waals surface area contributed by atoms with Crippen LogP contribution in [0.1, 0.15) is 34.5 Å². The maximum atomic E-state index is 15.5. The normalized spacial score (nSPS) is 18.4. The number of carbonyl (C=O) groups is 1. The van der Waals surface area contributed by atoms with Gasteiger partial charge in [-0.1, -0.05) is 35.0 Å². The Morgan fingerprint density at radius 1 is 1.19 bits per heavy atom. The third-order valence-corrected chi connectivity index (χ3v) is 6.94. The quantitative estimate of drug-likeness (QED) is 0.319. The van der Waals surface area contributed by atoms with Crippen LogP contribution in [-0.4, -0.2) is 70.8 Å². The smallest absolute Gasteiger partial charge is 0.341 e. The molecule has 0 bridgehead atoms. The van der Waals surface area contributed by atoms with Crippen molar-refractivity contribution in [1.29, 1.82) is 0 Å². The highest BCUT2D eigenvalue weighted by molar-refractivity contribution is 6.01. The summed E-state index contributed by atoms with van der Waals surface area (Å²) in [5.41, 5.74) is 2.10. The predicted octanol–water partition coefficient (Wildman–Crippen LogP) is 3.10. The zero-order chi connectivity index (χ0) is 25.6. The lowest BCUT2D eigenvalue weighted by molar-refractivity contribution is 0.0694. The number of hydrogen-bond donors (Lipinski definition) is 2. The highest BCUT2D eigenvalue weighted by Crippen LogP contribution is 2.42. The van der Waals surface area contributed by atoms with E-state index in [1.54, 1.807) is 4.57 Å². The molecule has 3 aromatic rings. The number of hydrogen-bond acceptors (Lipinski definition) is 7. The van der Waals surface area contributed by atoms with Gasteiger partial charge in [-0.05, 0) is 19.9 Å². The molecule has 0 saturated carbocycles. The van der Waals surface area contributed by atoms with Gasteiger partial charge in [0.25, 0.3) is 0 Å².